The van der Waals surface area contributed by atoms with Crippen LogP contribution >= 0.6 is 24.0 Å². The molecule has 2 aliphatic heterocycles. The maximum absolute atomic E-state index is 12.7. The van der Waals surface area contributed by atoms with Crippen molar-refractivity contribution in [2.75, 3.05) is 18.7 Å². The van der Waals surface area contributed by atoms with Gasteiger partial charge >= 0.3 is 0 Å². The van der Waals surface area contributed by atoms with Gasteiger partial charge in [0.25, 0.3) is 5.91 Å². The first kappa shape index (κ1) is 19.4. The summed E-state index contributed by atoms with van der Waals surface area (Å²) in [6.45, 7) is 0.596. The van der Waals surface area contributed by atoms with Crippen molar-refractivity contribution in [3.8, 4) is 11.5 Å². The molecular weight excluding hydrogens is 410 g/mol. The number of thiocarbonyl (C=S) groups is 1. The van der Waals surface area contributed by atoms with Gasteiger partial charge in [0.15, 0.2) is 11.5 Å². The van der Waals surface area contributed by atoms with Gasteiger partial charge in [-0.05, 0) is 42.3 Å². The monoisotopic (exact) mass is 427 g/mol. The van der Waals surface area contributed by atoms with Crippen molar-refractivity contribution in [2.24, 2.45) is 0 Å². The smallest absolute Gasteiger partial charge is 0.266 e. The molecule has 0 unspecified atom stereocenters. The lowest BCUT2D eigenvalue weighted by Gasteiger charge is -2.14. The molecule has 4 rings (SSSR count). The lowest BCUT2D eigenvalue weighted by atomic mass is 10.2. The highest BCUT2D eigenvalue weighted by Gasteiger charge is 2.31. The number of ether oxygens (including phenoxy) is 2. The fraction of sp³-hybridized carbons (Fsp3) is 0.200. The van der Waals surface area contributed by atoms with Crippen molar-refractivity contribution < 1.29 is 19.1 Å². The number of nitrogens with one attached hydrogen (secondary N) is 1. The maximum atomic E-state index is 12.7. The van der Waals surface area contributed by atoms with E-state index in [1.807, 2.05) is 18.2 Å². The van der Waals surface area contributed by atoms with Gasteiger partial charge in [0.05, 0.1) is 16.8 Å². The second-order valence-electron chi connectivity index (χ2n) is 6.34. The Morgan fingerprint density at radius 2 is 2.17 bits per heavy atom. The van der Waals surface area contributed by atoms with Crippen LogP contribution in [0.4, 0.5) is 5.69 Å². The van der Waals surface area contributed by atoms with Gasteiger partial charge in [-0.3, -0.25) is 19.5 Å². The summed E-state index contributed by atoms with van der Waals surface area (Å²) < 4.78 is 11.2. The van der Waals surface area contributed by atoms with E-state index in [2.05, 4.69) is 10.3 Å². The Labute approximate surface area is 177 Å². The Balaban J connectivity index is 1.33. The first-order valence-electron chi connectivity index (χ1n) is 8.95. The molecular formula is C20H17N3O4S2. The summed E-state index contributed by atoms with van der Waals surface area (Å²) >= 11 is 6.61. The summed E-state index contributed by atoms with van der Waals surface area (Å²) in [6, 6.07) is 9.03. The summed E-state index contributed by atoms with van der Waals surface area (Å²) in [7, 11) is 0. The van der Waals surface area contributed by atoms with Crippen LogP contribution < -0.4 is 14.8 Å². The number of pyridine rings is 1. The molecule has 1 saturated heterocycles. The second kappa shape index (κ2) is 8.62. The summed E-state index contributed by atoms with van der Waals surface area (Å²) in [6.07, 6.45) is 5.81. The third kappa shape index (κ3) is 4.57. The molecule has 0 aliphatic carbocycles. The maximum Gasteiger partial charge on any atom is 0.266 e. The zero-order chi connectivity index (χ0) is 20.2. The Morgan fingerprint density at radius 1 is 1.31 bits per heavy atom. The molecule has 0 bridgehead atoms. The molecule has 2 aromatic rings. The summed E-state index contributed by atoms with van der Waals surface area (Å²) in [5, 5.41) is 2.78. The van der Waals surface area contributed by atoms with E-state index in [1.54, 1.807) is 30.6 Å². The number of aromatic nitrogens is 1. The molecule has 0 radical (unpaired) electrons. The lowest BCUT2D eigenvalue weighted by molar-refractivity contribution is -0.122. The fourth-order valence-corrected chi connectivity index (χ4v) is 4.21. The van der Waals surface area contributed by atoms with Crippen molar-refractivity contribution in [2.45, 2.75) is 12.8 Å². The van der Waals surface area contributed by atoms with Crippen molar-refractivity contribution >= 4 is 51.9 Å². The van der Waals surface area contributed by atoms with Gasteiger partial charge in [0, 0.05) is 19.2 Å². The number of carbonyl (C=O) groups excluding carboxylic acids is 2. The third-order valence-corrected chi connectivity index (χ3v) is 5.68. The minimum absolute atomic E-state index is 0.126. The number of fused-ring (bicyclic) bond motifs is 1. The first-order chi connectivity index (χ1) is 14.1. The lowest BCUT2D eigenvalue weighted by Crippen LogP contribution is -2.29. The number of anilines is 1. The minimum atomic E-state index is -0.148. The molecule has 1 aromatic heterocycles. The van der Waals surface area contributed by atoms with E-state index < -0.39 is 0 Å². The first-order valence-corrected chi connectivity index (χ1v) is 10.2. The molecule has 29 heavy (non-hydrogen) atoms. The Morgan fingerprint density at radius 3 is 3.00 bits per heavy atom. The largest absolute Gasteiger partial charge is 0.454 e. The van der Waals surface area contributed by atoms with Gasteiger partial charge in [-0.25, -0.2) is 0 Å². The van der Waals surface area contributed by atoms with Crippen LogP contribution in [0.15, 0.2) is 47.6 Å². The van der Waals surface area contributed by atoms with Crippen LogP contribution in [-0.2, 0) is 9.59 Å². The standard InChI is InChI=1S/C20H17N3O4S2/c24-18(22-14-3-1-7-21-11-14)4-2-8-23-19(25)17(29-20(23)28)10-13-5-6-15-16(9-13)27-12-26-15/h1,3,5-7,9-11H,2,4,8,12H2,(H,22,24)/b17-10-. The molecule has 148 valence electrons. The molecule has 0 saturated carbocycles. The van der Waals surface area contributed by atoms with Gasteiger partial charge in [0.1, 0.15) is 4.32 Å². The van der Waals surface area contributed by atoms with Crippen LogP contribution in [0.1, 0.15) is 18.4 Å². The molecule has 2 aliphatic rings. The SMILES string of the molecule is O=C(CCCN1C(=O)/C(=C/c2ccc3c(c2)OCO3)SC1=S)Nc1cccnc1. The van der Waals surface area contributed by atoms with Crippen LogP contribution in [0.3, 0.4) is 0 Å². The Kier molecular flexibility index (Phi) is 5.77. The fourth-order valence-electron chi connectivity index (χ4n) is 2.90. The number of benzene rings is 1. The highest BCUT2D eigenvalue weighted by Crippen LogP contribution is 2.36. The van der Waals surface area contributed by atoms with Crippen LogP contribution in [0, 0.1) is 0 Å². The summed E-state index contributed by atoms with van der Waals surface area (Å²) in [5.74, 6) is 1.08. The number of hydrogen-bond donors (Lipinski definition) is 1. The number of hydrogen-bond acceptors (Lipinski definition) is 7. The van der Waals surface area contributed by atoms with Gasteiger partial charge in [0.2, 0.25) is 12.7 Å². The predicted molar refractivity (Wildman–Crippen MR) is 115 cm³/mol. The third-order valence-electron chi connectivity index (χ3n) is 4.30. The van der Waals surface area contributed by atoms with E-state index in [4.69, 9.17) is 21.7 Å². The van der Waals surface area contributed by atoms with Crippen LogP contribution in [0.5, 0.6) is 11.5 Å². The van der Waals surface area contributed by atoms with Crippen molar-refractivity contribution in [3.05, 3.63) is 53.2 Å². The number of thioether (sulfide) groups is 1. The summed E-state index contributed by atoms with van der Waals surface area (Å²) in [4.78, 5) is 30.8. The number of rotatable bonds is 6. The zero-order valence-corrected chi connectivity index (χ0v) is 16.9. The average Bonchev–Trinajstić information content (AvgIpc) is 3.28. The number of amides is 2. The second-order valence-corrected chi connectivity index (χ2v) is 8.02. The van der Waals surface area contributed by atoms with Crippen molar-refractivity contribution in [1.82, 2.24) is 9.88 Å². The molecule has 2 amide bonds. The van der Waals surface area contributed by atoms with Crippen molar-refractivity contribution in [1.29, 1.82) is 0 Å². The molecule has 3 heterocycles. The van der Waals surface area contributed by atoms with Crippen LogP contribution in [0.25, 0.3) is 6.08 Å². The summed E-state index contributed by atoms with van der Waals surface area (Å²) in [5.41, 5.74) is 1.49. The molecule has 1 N–H and O–H groups in total. The molecule has 0 atom stereocenters. The van der Waals surface area contributed by atoms with Crippen LogP contribution in [0.2, 0.25) is 0 Å². The van der Waals surface area contributed by atoms with Crippen molar-refractivity contribution in [3.63, 3.8) is 0 Å². The van der Waals surface area contributed by atoms with E-state index in [0.717, 1.165) is 5.56 Å². The van der Waals surface area contributed by atoms with E-state index >= 15 is 0 Å². The van der Waals surface area contributed by atoms with E-state index in [0.29, 0.717) is 39.4 Å². The average molecular weight is 428 g/mol. The molecule has 9 heteroatoms. The normalized spacial score (nSPS) is 16.6. The molecule has 1 fully saturated rings. The van der Waals surface area contributed by atoms with Gasteiger partial charge < -0.3 is 14.8 Å². The highest BCUT2D eigenvalue weighted by atomic mass is 32.2. The highest BCUT2D eigenvalue weighted by molar-refractivity contribution is 8.26. The molecule has 0 spiro atoms. The number of nitrogens with zero attached hydrogens (tertiary/aromatic N) is 2. The zero-order valence-electron chi connectivity index (χ0n) is 15.3. The van der Waals surface area contributed by atoms with E-state index in [9.17, 15) is 9.59 Å². The quantitative estimate of drug-likeness (QED) is 0.559. The van der Waals surface area contributed by atoms with Crippen LogP contribution in [-0.4, -0.2) is 39.4 Å². The van der Waals surface area contributed by atoms with E-state index in [1.165, 1.54) is 16.7 Å². The topological polar surface area (TPSA) is 80.8 Å². The minimum Gasteiger partial charge on any atom is -0.454 e. The van der Waals surface area contributed by atoms with E-state index in [-0.39, 0.29) is 25.0 Å². The van der Waals surface area contributed by atoms with Gasteiger partial charge in [-0.1, -0.05) is 30.0 Å². The molecule has 7 nitrogen and oxygen atoms in total. The Bertz CT molecular complexity index is 994. The molecule has 1 aromatic carbocycles. The van der Waals surface area contributed by atoms with Gasteiger partial charge in [-0.15, -0.1) is 0 Å². The van der Waals surface area contributed by atoms with Gasteiger partial charge in [-0.2, -0.15) is 0 Å². The predicted octanol–water partition coefficient (Wildman–Crippen LogP) is 3.43. The number of carbonyl (C=O) groups is 2. The Hall–Kier alpha value is -2.91.